The van der Waals surface area contributed by atoms with E-state index < -0.39 is 0 Å². The van der Waals surface area contributed by atoms with Crippen molar-refractivity contribution in [2.45, 2.75) is 45.9 Å². The van der Waals surface area contributed by atoms with Gasteiger partial charge in [-0.15, -0.1) is 8.58 Å². The lowest BCUT2D eigenvalue weighted by atomic mass is 9.87. The molecular weight excluding hydrogens is 199 g/mol. The molecule has 0 saturated heterocycles. The molecular formula is C14H23P. The van der Waals surface area contributed by atoms with Gasteiger partial charge in [0, 0.05) is 5.66 Å². The molecule has 1 rings (SSSR count). The fourth-order valence-corrected chi connectivity index (χ4v) is 3.38. The Bertz CT molecular complexity index is 282. The van der Waals surface area contributed by atoms with Gasteiger partial charge in [-0.25, -0.2) is 0 Å². The SMILES string of the molecule is CC(C)PC(c1ccccc1)C(C)(C)C. The molecule has 0 spiro atoms. The van der Waals surface area contributed by atoms with Crippen LogP contribution in [0.25, 0.3) is 0 Å². The highest BCUT2D eigenvalue weighted by molar-refractivity contribution is 7.39. The molecule has 0 radical (unpaired) electrons. The van der Waals surface area contributed by atoms with E-state index in [2.05, 4.69) is 65.0 Å². The van der Waals surface area contributed by atoms with E-state index in [-0.39, 0.29) is 0 Å². The van der Waals surface area contributed by atoms with Gasteiger partial charge in [-0.2, -0.15) is 0 Å². The maximum absolute atomic E-state index is 2.35. The Balaban J connectivity index is 2.92. The summed E-state index contributed by atoms with van der Waals surface area (Å²) in [7, 11) is 1.01. The smallest absolute Gasteiger partial charge is 0.00648 e. The molecule has 0 aliphatic carbocycles. The second-order valence-corrected chi connectivity index (χ2v) is 7.60. The average molecular weight is 222 g/mol. The Labute approximate surface area is 96.3 Å². The first-order valence-electron chi connectivity index (χ1n) is 5.72. The molecule has 0 nitrogen and oxygen atoms in total. The quantitative estimate of drug-likeness (QED) is 0.641. The minimum Gasteiger partial charge on any atom is -0.111 e. The van der Waals surface area contributed by atoms with Crippen molar-refractivity contribution in [3.05, 3.63) is 35.9 Å². The number of hydrogen-bond acceptors (Lipinski definition) is 0. The third-order valence-corrected chi connectivity index (χ3v) is 4.70. The molecule has 0 aliphatic heterocycles. The van der Waals surface area contributed by atoms with Gasteiger partial charge in [0.1, 0.15) is 0 Å². The third kappa shape index (κ3) is 3.95. The summed E-state index contributed by atoms with van der Waals surface area (Å²) in [6.45, 7) is 11.7. The fraction of sp³-hybridized carbons (Fsp3) is 0.571. The normalized spacial score (nSPS) is 15.1. The van der Waals surface area contributed by atoms with Gasteiger partial charge in [-0.1, -0.05) is 65.0 Å². The fourth-order valence-electron chi connectivity index (χ4n) is 1.83. The Hall–Kier alpha value is -0.350. The standard InChI is InChI=1S/C14H23P/c1-11(2)15-13(14(3,4)5)12-9-7-6-8-10-12/h6-11,13,15H,1-5H3. The van der Waals surface area contributed by atoms with Gasteiger partial charge in [-0.3, -0.25) is 0 Å². The Kier molecular flexibility index (Phi) is 4.34. The minimum atomic E-state index is 0.365. The van der Waals surface area contributed by atoms with Crippen LogP contribution in [0.3, 0.4) is 0 Å². The van der Waals surface area contributed by atoms with Crippen LogP contribution in [0.5, 0.6) is 0 Å². The minimum absolute atomic E-state index is 0.365. The van der Waals surface area contributed by atoms with Gasteiger partial charge in [0.05, 0.1) is 0 Å². The summed E-state index contributed by atoms with van der Waals surface area (Å²) >= 11 is 0. The van der Waals surface area contributed by atoms with Crippen molar-refractivity contribution in [2.75, 3.05) is 0 Å². The van der Waals surface area contributed by atoms with Crippen LogP contribution in [-0.2, 0) is 0 Å². The van der Waals surface area contributed by atoms with Gasteiger partial charge in [0.2, 0.25) is 0 Å². The highest BCUT2D eigenvalue weighted by atomic mass is 31.1. The van der Waals surface area contributed by atoms with Gasteiger partial charge in [-0.05, 0) is 16.6 Å². The highest BCUT2D eigenvalue weighted by Crippen LogP contribution is 2.49. The molecule has 0 aliphatic rings. The molecule has 0 saturated carbocycles. The molecule has 0 bridgehead atoms. The van der Waals surface area contributed by atoms with E-state index in [0.717, 1.165) is 14.2 Å². The van der Waals surface area contributed by atoms with Crippen LogP contribution in [0.2, 0.25) is 0 Å². The highest BCUT2D eigenvalue weighted by Gasteiger charge is 2.26. The van der Waals surface area contributed by atoms with E-state index in [1.165, 1.54) is 5.56 Å². The van der Waals surface area contributed by atoms with Gasteiger partial charge >= 0.3 is 0 Å². The van der Waals surface area contributed by atoms with Crippen LogP contribution in [-0.4, -0.2) is 5.66 Å². The van der Waals surface area contributed by atoms with Gasteiger partial charge in [0.15, 0.2) is 0 Å². The van der Waals surface area contributed by atoms with Crippen molar-refractivity contribution in [1.29, 1.82) is 0 Å². The zero-order valence-corrected chi connectivity index (χ0v) is 11.5. The lowest BCUT2D eigenvalue weighted by molar-refractivity contribution is 0.398. The van der Waals surface area contributed by atoms with Crippen molar-refractivity contribution >= 4 is 8.58 Å². The monoisotopic (exact) mass is 222 g/mol. The second kappa shape index (κ2) is 5.12. The van der Waals surface area contributed by atoms with Crippen molar-refractivity contribution in [1.82, 2.24) is 0 Å². The molecule has 1 heteroatoms. The van der Waals surface area contributed by atoms with Crippen LogP contribution < -0.4 is 0 Å². The molecule has 0 aromatic heterocycles. The molecule has 2 atom stereocenters. The van der Waals surface area contributed by atoms with E-state index >= 15 is 0 Å². The molecule has 0 fully saturated rings. The second-order valence-electron chi connectivity index (χ2n) is 5.53. The summed E-state index contributed by atoms with van der Waals surface area (Å²) in [6, 6.07) is 10.9. The first kappa shape index (κ1) is 12.7. The maximum atomic E-state index is 2.35. The zero-order valence-electron chi connectivity index (χ0n) is 10.5. The third-order valence-electron chi connectivity index (χ3n) is 2.50. The van der Waals surface area contributed by atoms with E-state index in [9.17, 15) is 0 Å². The number of hydrogen-bond donors (Lipinski definition) is 0. The van der Waals surface area contributed by atoms with Crippen LogP contribution >= 0.6 is 8.58 Å². The average Bonchev–Trinajstić information content (AvgIpc) is 2.14. The van der Waals surface area contributed by atoms with E-state index in [1.54, 1.807) is 0 Å². The van der Waals surface area contributed by atoms with Crippen molar-refractivity contribution in [3.63, 3.8) is 0 Å². The Morgan fingerprint density at radius 1 is 1.00 bits per heavy atom. The summed E-state index contributed by atoms with van der Waals surface area (Å²) in [5.74, 6) is 0. The van der Waals surface area contributed by atoms with Crippen LogP contribution in [0.1, 0.15) is 45.8 Å². The predicted octanol–water partition coefficient (Wildman–Crippen LogP) is 4.86. The summed E-state index contributed by atoms with van der Waals surface area (Å²) < 4.78 is 0. The van der Waals surface area contributed by atoms with Crippen molar-refractivity contribution < 1.29 is 0 Å². The molecule has 15 heavy (non-hydrogen) atoms. The van der Waals surface area contributed by atoms with Crippen molar-refractivity contribution in [3.8, 4) is 0 Å². The summed E-state index contributed by atoms with van der Waals surface area (Å²) in [5.41, 5.74) is 3.34. The van der Waals surface area contributed by atoms with Crippen molar-refractivity contribution in [2.24, 2.45) is 5.41 Å². The summed E-state index contributed by atoms with van der Waals surface area (Å²) in [5, 5.41) is 0. The van der Waals surface area contributed by atoms with E-state index in [0.29, 0.717) is 11.1 Å². The summed E-state index contributed by atoms with van der Waals surface area (Å²) in [6.07, 6.45) is 0. The Morgan fingerprint density at radius 3 is 1.93 bits per heavy atom. The maximum Gasteiger partial charge on any atom is 0.00648 e. The molecule has 84 valence electrons. The molecule has 2 unspecified atom stereocenters. The van der Waals surface area contributed by atoms with Gasteiger partial charge < -0.3 is 0 Å². The van der Waals surface area contributed by atoms with E-state index in [1.807, 2.05) is 0 Å². The summed E-state index contributed by atoms with van der Waals surface area (Å²) in [4.78, 5) is 0. The lowest BCUT2D eigenvalue weighted by Gasteiger charge is -2.32. The first-order valence-corrected chi connectivity index (χ1v) is 6.87. The molecule has 0 N–H and O–H groups in total. The zero-order chi connectivity index (χ0) is 11.5. The molecule has 0 heterocycles. The van der Waals surface area contributed by atoms with Crippen LogP contribution in [0.15, 0.2) is 30.3 Å². The number of rotatable bonds is 3. The largest absolute Gasteiger partial charge is 0.111 e. The first-order chi connectivity index (χ1) is 6.91. The Morgan fingerprint density at radius 2 is 1.53 bits per heavy atom. The van der Waals surface area contributed by atoms with Gasteiger partial charge in [0.25, 0.3) is 0 Å². The molecule has 1 aromatic rings. The molecule has 0 amide bonds. The lowest BCUT2D eigenvalue weighted by Crippen LogP contribution is -2.15. The van der Waals surface area contributed by atoms with E-state index in [4.69, 9.17) is 0 Å². The number of benzene rings is 1. The predicted molar refractivity (Wildman–Crippen MR) is 72.1 cm³/mol. The van der Waals surface area contributed by atoms with Crippen LogP contribution in [0.4, 0.5) is 0 Å². The molecule has 1 aromatic carbocycles. The topological polar surface area (TPSA) is 0 Å². The van der Waals surface area contributed by atoms with Crippen LogP contribution in [0, 0.1) is 5.41 Å².